The molecular weight excluding hydrogens is 328 g/mol. The maximum atomic E-state index is 13.3. The zero-order valence-electron chi connectivity index (χ0n) is 16.6. The molecule has 0 aromatic carbocycles. The largest absolute Gasteiger partial charge is 0.462 e. The smallest absolute Gasteiger partial charge is 0.302 e. The summed E-state index contributed by atoms with van der Waals surface area (Å²) >= 11 is 0. The molecule has 4 rings (SSSR count). The Labute approximate surface area is 156 Å². The number of fused-ring (bicyclic) bond motifs is 5. The molecule has 0 amide bonds. The number of ketones is 2. The van der Waals surface area contributed by atoms with E-state index in [0.29, 0.717) is 30.0 Å². The Morgan fingerprint density at radius 1 is 1.00 bits per heavy atom. The molecule has 0 N–H and O–H groups in total. The van der Waals surface area contributed by atoms with Gasteiger partial charge in [0, 0.05) is 30.6 Å². The van der Waals surface area contributed by atoms with Gasteiger partial charge in [-0.3, -0.25) is 14.4 Å². The molecule has 26 heavy (non-hydrogen) atoms. The number of esters is 1. The molecule has 4 nitrogen and oxygen atoms in total. The van der Waals surface area contributed by atoms with Gasteiger partial charge in [0.25, 0.3) is 0 Å². The van der Waals surface area contributed by atoms with Crippen LogP contribution in [0.3, 0.4) is 0 Å². The van der Waals surface area contributed by atoms with Gasteiger partial charge in [0.05, 0.1) is 0 Å². The molecule has 0 spiro atoms. The van der Waals surface area contributed by atoms with Gasteiger partial charge < -0.3 is 4.74 Å². The standard InChI is InChI=1S/C22H32O4/c1-13(23)26-14-7-10-21(3)17-8-9-20(2)16(5-6-18(20)24)15(17)12-22(21,4)19(25)11-14/h14-17H,5-12H2,1-4H3. The second-order valence-corrected chi connectivity index (χ2v) is 10.1. The van der Waals surface area contributed by atoms with Crippen molar-refractivity contribution in [3.8, 4) is 0 Å². The van der Waals surface area contributed by atoms with Crippen molar-refractivity contribution < 1.29 is 19.1 Å². The molecule has 0 aliphatic heterocycles. The van der Waals surface area contributed by atoms with Gasteiger partial charge in [-0.15, -0.1) is 0 Å². The first-order valence-electron chi connectivity index (χ1n) is 10.4. The highest BCUT2D eigenvalue weighted by atomic mass is 16.5. The number of Topliss-reactive ketones (excluding diaryl/α,β-unsaturated/α-hetero) is 2. The fourth-order valence-corrected chi connectivity index (χ4v) is 7.47. The molecule has 0 aromatic heterocycles. The van der Waals surface area contributed by atoms with Gasteiger partial charge in [0.15, 0.2) is 0 Å². The van der Waals surface area contributed by atoms with E-state index < -0.39 is 0 Å². The first kappa shape index (κ1) is 18.2. The molecule has 0 radical (unpaired) electrons. The van der Waals surface area contributed by atoms with Gasteiger partial charge in [-0.1, -0.05) is 20.8 Å². The maximum Gasteiger partial charge on any atom is 0.302 e. The normalized spacial score (nSPS) is 50.6. The van der Waals surface area contributed by atoms with E-state index in [-0.39, 0.29) is 34.1 Å². The van der Waals surface area contributed by atoms with Gasteiger partial charge in [0.2, 0.25) is 0 Å². The van der Waals surface area contributed by atoms with E-state index in [9.17, 15) is 14.4 Å². The van der Waals surface area contributed by atoms with Crippen LogP contribution < -0.4 is 0 Å². The summed E-state index contributed by atoms with van der Waals surface area (Å²) in [6, 6.07) is 0. The average Bonchev–Trinajstić information content (AvgIpc) is 2.95. The second-order valence-electron chi connectivity index (χ2n) is 10.1. The lowest BCUT2D eigenvalue weighted by Crippen LogP contribution is -2.45. The number of hydrogen-bond donors (Lipinski definition) is 0. The van der Waals surface area contributed by atoms with Crippen molar-refractivity contribution >= 4 is 17.5 Å². The van der Waals surface area contributed by atoms with Crippen LogP contribution in [-0.2, 0) is 19.1 Å². The van der Waals surface area contributed by atoms with Crippen LogP contribution in [-0.4, -0.2) is 23.6 Å². The molecule has 0 heterocycles. The fraction of sp³-hybridized carbons (Fsp3) is 0.864. The maximum absolute atomic E-state index is 13.3. The van der Waals surface area contributed by atoms with Crippen LogP contribution in [0, 0.1) is 34.0 Å². The van der Waals surface area contributed by atoms with Crippen LogP contribution in [0.25, 0.3) is 0 Å². The number of carbonyl (C=O) groups excluding carboxylic acids is 3. The molecule has 4 heteroatoms. The van der Waals surface area contributed by atoms with E-state index in [4.69, 9.17) is 4.74 Å². The van der Waals surface area contributed by atoms with Crippen molar-refractivity contribution in [2.45, 2.75) is 85.2 Å². The quantitative estimate of drug-likeness (QED) is 0.661. The molecule has 4 fully saturated rings. The lowest BCUT2D eigenvalue weighted by atomic mass is 9.55. The lowest BCUT2D eigenvalue weighted by molar-refractivity contribution is -0.148. The Morgan fingerprint density at radius 3 is 2.42 bits per heavy atom. The number of carbonyl (C=O) groups is 3. The van der Waals surface area contributed by atoms with Gasteiger partial charge in [0.1, 0.15) is 17.7 Å². The molecule has 7 unspecified atom stereocenters. The van der Waals surface area contributed by atoms with Crippen LogP contribution in [0.15, 0.2) is 0 Å². The predicted octanol–water partition coefficient (Wildman–Crippen LogP) is 4.10. The molecule has 4 aliphatic carbocycles. The highest BCUT2D eigenvalue weighted by molar-refractivity contribution is 5.88. The summed E-state index contributed by atoms with van der Waals surface area (Å²) in [7, 11) is 0. The van der Waals surface area contributed by atoms with E-state index in [2.05, 4.69) is 20.8 Å². The Bertz CT molecular complexity index is 669. The Balaban J connectivity index is 1.66. The molecule has 0 aromatic rings. The molecular formula is C22H32O4. The van der Waals surface area contributed by atoms with E-state index in [0.717, 1.165) is 44.9 Å². The third-order valence-electron chi connectivity index (χ3n) is 9.22. The summed E-state index contributed by atoms with van der Waals surface area (Å²) in [5.41, 5.74) is -0.550. The summed E-state index contributed by atoms with van der Waals surface area (Å²) in [6.45, 7) is 8.08. The van der Waals surface area contributed by atoms with E-state index in [1.165, 1.54) is 6.92 Å². The third-order valence-corrected chi connectivity index (χ3v) is 9.22. The first-order chi connectivity index (χ1) is 12.1. The van der Waals surface area contributed by atoms with Gasteiger partial charge >= 0.3 is 5.97 Å². The number of ether oxygens (including phenoxy) is 1. The van der Waals surface area contributed by atoms with E-state index in [1.54, 1.807) is 0 Å². The minimum atomic E-state index is -0.353. The summed E-state index contributed by atoms with van der Waals surface area (Å²) in [5.74, 6) is 1.88. The van der Waals surface area contributed by atoms with Crippen LogP contribution in [0.1, 0.15) is 79.1 Å². The Morgan fingerprint density at radius 2 is 1.73 bits per heavy atom. The monoisotopic (exact) mass is 360 g/mol. The molecule has 4 aliphatic rings. The molecule has 4 saturated carbocycles. The highest BCUT2D eigenvalue weighted by Crippen LogP contribution is 2.71. The minimum Gasteiger partial charge on any atom is -0.462 e. The Kier molecular flexibility index (Phi) is 3.95. The van der Waals surface area contributed by atoms with Crippen LogP contribution in [0.4, 0.5) is 0 Å². The van der Waals surface area contributed by atoms with Gasteiger partial charge in [-0.25, -0.2) is 0 Å². The molecule has 0 saturated heterocycles. The second kappa shape index (κ2) is 5.65. The third kappa shape index (κ3) is 2.23. The van der Waals surface area contributed by atoms with Crippen molar-refractivity contribution in [3.05, 3.63) is 0 Å². The van der Waals surface area contributed by atoms with Gasteiger partial charge in [-0.05, 0) is 61.7 Å². The van der Waals surface area contributed by atoms with Crippen molar-refractivity contribution in [2.75, 3.05) is 0 Å². The van der Waals surface area contributed by atoms with E-state index >= 15 is 0 Å². The highest BCUT2D eigenvalue weighted by Gasteiger charge is 2.67. The van der Waals surface area contributed by atoms with E-state index in [1.807, 2.05) is 0 Å². The molecule has 144 valence electrons. The first-order valence-corrected chi connectivity index (χ1v) is 10.4. The van der Waals surface area contributed by atoms with Crippen LogP contribution >= 0.6 is 0 Å². The lowest BCUT2D eigenvalue weighted by Gasteiger charge is -2.48. The summed E-state index contributed by atoms with van der Waals surface area (Å²) in [5, 5.41) is 0. The van der Waals surface area contributed by atoms with Crippen molar-refractivity contribution in [2.24, 2.45) is 34.0 Å². The minimum absolute atomic E-state index is 0.0450. The average molecular weight is 360 g/mol. The Hall–Kier alpha value is -1.19. The topological polar surface area (TPSA) is 60.4 Å². The summed E-state index contributed by atoms with van der Waals surface area (Å²) in [6.07, 6.45) is 6.48. The van der Waals surface area contributed by atoms with Crippen LogP contribution in [0.5, 0.6) is 0 Å². The SMILES string of the molecule is CC(=O)OC1CCC2(C)C3CCC4(C)C(=O)CCC4C3CC2(C)C(=O)C1. The number of rotatable bonds is 1. The molecule has 0 bridgehead atoms. The summed E-state index contributed by atoms with van der Waals surface area (Å²) < 4.78 is 5.43. The van der Waals surface area contributed by atoms with Crippen molar-refractivity contribution in [3.63, 3.8) is 0 Å². The van der Waals surface area contributed by atoms with Crippen molar-refractivity contribution in [1.29, 1.82) is 0 Å². The fourth-order valence-electron chi connectivity index (χ4n) is 7.47. The summed E-state index contributed by atoms with van der Waals surface area (Å²) in [4.78, 5) is 37.3. The number of hydrogen-bond acceptors (Lipinski definition) is 4. The van der Waals surface area contributed by atoms with Crippen molar-refractivity contribution in [1.82, 2.24) is 0 Å². The zero-order chi connectivity index (χ0) is 18.9. The predicted molar refractivity (Wildman–Crippen MR) is 97.3 cm³/mol. The van der Waals surface area contributed by atoms with Gasteiger partial charge in [-0.2, -0.15) is 0 Å². The zero-order valence-corrected chi connectivity index (χ0v) is 16.6. The van der Waals surface area contributed by atoms with Crippen LogP contribution in [0.2, 0.25) is 0 Å². The molecule has 7 atom stereocenters.